The molecule has 0 aliphatic carbocycles. The van der Waals surface area contributed by atoms with E-state index in [1.165, 1.54) is 6.07 Å². The van der Waals surface area contributed by atoms with E-state index in [1.54, 1.807) is 6.92 Å². The molecule has 0 bridgehead atoms. The summed E-state index contributed by atoms with van der Waals surface area (Å²) in [6, 6.07) is 1.18. The van der Waals surface area contributed by atoms with E-state index >= 15 is 0 Å². The van der Waals surface area contributed by atoms with Crippen LogP contribution in [0.1, 0.15) is 29.4 Å². The van der Waals surface area contributed by atoms with Gasteiger partial charge < -0.3 is 10.5 Å². The van der Waals surface area contributed by atoms with Gasteiger partial charge in [0.2, 0.25) is 0 Å². The zero-order valence-corrected chi connectivity index (χ0v) is 9.92. The van der Waals surface area contributed by atoms with E-state index in [0.717, 1.165) is 0 Å². The van der Waals surface area contributed by atoms with Gasteiger partial charge in [-0.15, -0.1) is 0 Å². The minimum absolute atomic E-state index is 0.0941. The summed E-state index contributed by atoms with van der Waals surface area (Å²) in [5.74, 6) is -0.936. The normalized spacial score (nSPS) is 10.6. The first-order valence-electron chi connectivity index (χ1n) is 4.38. The van der Waals surface area contributed by atoms with Crippen molar-refractivity contribution in [3.05, 3.63) is 21.8 Å². The van der Waals surface area contributed by atoms with Gasteiger partial charge in [-0.05, 0) is 28.9 Å². The summed E-state index contributed by atoms with van der Waals surface area (Å²) < 4.78 is 30.1. The Kier molecular flexibility index (Phi) is 4.17. The van der Waals surface area contributed by atoms with Crippen molar-refractivity contribution in [1.29, 1.82) is 0 Å². The number of halogens is 3. The van der Waals surface area contributed by atoms with Crippen LogP contribution in [-0.2, 0) is 4.74 Å². The standard InChI is InChI=1S/C9H9BrF2N2O2/c1-2-16-9(15)4-3-5(10)8(13)14-6(4)7(11)12/h3,7H,2H2,1H3,(H2,13,14). The number of nitrogen functional groups attached to an aromatic ring is 1. The lowest BCUT2D eigenvalue weighted by molar-refractivity contribution is 0.0513. The first-order chi connectivity index (χ1) is 7.47. The third-order valence-electron chi connectivity index (χ3n) is 1.73. The number of esters is 1. The molecule has 0 atom stereocenters. The van der Waals surface area contributed by atoms with Gasteiger partial charge in [0, 0.05) is 0 Å². The first-order valence-corrected chi connectivity index (χ1v) is 5.17. The van der Waals surface area contributed by atoms with Crippen LogP contribution in [0.15, 0.2) is 10.5 Å². The van der Waals surface area contributed by atoms with Crippen LogP contribution in [0.4, 0.5) is 14.6 Å². The fourth-order valence-electron chi connectivity index (χ4n) is 1.06. The van der Waals surface area contributed by atoms with E-state index in [-0.39, 0.29) is 22.5 Å². The van der Waals surface area contributed by atoms with Gasteiger partial charge in [0.1, 0.15) is 11.5 Å². The maximum absolute atomic E-state index is 12.6. The molecule has 7 heteroatoms. The Morgan fingerprint density at radius 1 is 1.69 bits per heavy atom. The van der Waals surface area contributed by atoms with Gasteiger partial charge in [-0.1, -0.05) is 0 Å². The second-order valence-corrected chi connectivity index (χ2v) is 3.66. The van der Waals surface area contributed by atoms with Crippen LogP contribution < -0.4 is 5.73 Å². The van der Waals surface area contributed by atoms with Gasteiger partial charge in [0.25, 0.3) is 6.43 Å². The maximum Gasteiger partial charge on any atom is 0.340 e. The number of alkyl halides is 2. The Bertz CT molecular complexity index is 413. The molecule has 4 nitrogen and oxygen atoms in total. The number of pyridine rings is 1. The number of hydrogen-bond donors (Lipinski definition) is 1. The molecule has 0 fully saturated rings. The quantitative estimate of drug-likeness (QED) is 0.870. The van der Waals surface area contributed by atoms with Gasteiger partial charge in [0.05, 0.1) is 16.6 Å². The minimum Gasteiger partial charge on any atom is -0.462 e. The van der Waals surface area contributed by atoms with Crippen LogP contribution >= 0.6 is 15.9 Å². The van der Waals surface area contributed by atoms with Crippen molar-refractivity contribution in [3.8, 4) is 0 Å². The Hall–Kier alpha value is -1.24. The van der Waals surface area contributed by atoms with E-state index in [9.17, 15) is 13.6 Å². The summed E-state index contributed by atoms with van der Waals surface area (Å²) in [7, 11) is 0. The smallest absolute Gasteiger partial charge is 0.340 e. The summed E-state index contributed by atoms with van der Waals surface area (Å²) in [6.45, 7) is 1.68. The topological polar surface area (TPSA) is 65.2 Å². The third-order valence-corrected chi connectivity index (χ3v) is 2.37. The Labute approximate surface area is 98.9 Å². The number of anilines is 1. The second-order valence-electron chi connectivity index (χ2n) is 2.81. The molecule has 0 spiro atoms. The second kappa shape index (κ2) is 5.20. The van der Waals surface area contributed by atoms with E-state index in [4.69, 9.17) is 5.73 Å². The highest BCUT2D eigenvalue weighted by Crippen LogP contribution is 2.27. The van der Waals surface area contributed by atoms with Gasteiger partial charge in [-0.2, -0.15) is 0 Å². The van der Waals surface area contributed by atoms with Crippen molar-refractivity contribution in [2.45, 2.75) is 13.3 Å². The molecular weight excluding hydrogens is 286 g/mol. The highest BCUT2D eigenvalue weighted by molar-refractivity contribution is 9.10. The number of nitrogens with zero attached hydrogens (tertiary/aromatic N) is 1. The SMILES string of the molecule is CCOC(=O)c1cc(Br)c(N)nc1C(F)F. The summed E-state index contributed by atoms with van der Waals surface area (Å²) in [6.07, 6.45) is -2.88. The van der Waals surface area contributed by atoms with Crippen LogP contribution in [0.5, 0.6) is 0 Å². The first kappa shape index (κ1) is 12.8. The molecule has 0 saturated heterocycles. The molecular formula is C9H9BrF2N2O2. The minimum atomic E-state index is -2.88. The van der Waals surface area contributed by atoms with Crippen molar-refractivity contribution in [3.63, 3.8) is 0 Å². The molecule has 0 aromatic carbocycles. The molecule has 0 radical (unpaired) electrons. The molecule has 1 heterocycles. The number of ether oxygens (including phenoxy) is 1. The van der Waals surface area contributed by atoms with E-state index in [1.807, 2.05) is 0 Å². The fraction of sp³-hybridized carbons (Fsp3) is 0.333. The Balaban J connectivity index is 3.24. The Morgan fingerprint density at radius 3 is 2.81 bits per heavy atom. The van der Waals surface area contributed by atoms with Gasteiger partial charge in [-0.3, -0.25) is 0 Å². The molecule has 0 saturated carbocycles. The molecule has 0 amide bonds. The van der Waals surface area contributed by atoms with E-state index in [0.29, 0.717) is 0 Å². The molecule has 88 valence electrons. The molecule has 1 aromatic rings. The lowest BCUT2D eigenvalue weighted by Gasteiger charge is -2.09. The van der Waals surface area contributed by atoms with E-state index < -0.39 is 18.1 Å². The summed E-state index contributed by atoms with van der Waals surface area (Å²) in [5.41, 5.74) is 4.41. The number of carbonyl (C=O) groups excluding carboxylic acids is 1. The van der Waals surface area contributed by atoms with Crippen LogP contribution in [0.2, 0.25) is 0 Å². The Morgan fingerprint density at radius 2 is 2.31 bits per heavy atom. The summed E-state index contributed by atoms with van der Waals surface area (Å²) >= 11 is 3.01. The van der Waals surface area contributed by atoms with Crippen LogP contribution in [0.25, 0.3) is 0 Å². The molecule has 1 aromatic heterocycles. The fourth-order valence-corrected chi connectivity index (χ4v) is 1.37. The van der Waals surface area contributed by atoms with Crippen molar-refractivity contribution >= 4 is 27.7 Å². The predicted octanol–water partition coefficient (Wildman–Crippen LogP) is 2.54. The highest BCUT2D eigenvalue weighted by Gasteiger charge is 2.22. The van der Waals surface area contributed by atoms with Crippen molar-refractivity contribution in [1.82, 2.24) is 4.98 Å². The van der Waals surface area contributed by atoms with Crippen molar-refractivity contribution in [2.24, 2.45) is 0 Å². The number of aromatic nitrogens is 1. The van der Waals surface area contributed by atoms with Gasteiger partial charge in [0.15, 0.2) is 0 Å². The molecule has 0 unspecified atom stereocenters. The van der Waals surface area contributed by atoms with Gasteiger partial charge >= 0.3 is 5.97 Å². The number of nitrogens with two attached hydrogens (primary N) is 1. The predicted molar refractivity (Wildman–Crippen MR) is 57.3 cm³/mol. The zero-order chi connectivity index (χ0) is 12.3. The third kappa shape index (κ3) is 2.66. The van der Waals surface area contributed by atoms with E-state index in [2.05, 4.69) is 25.7 Å². The number of rotatable bonds is 3. The molecule has 1 rings (SSSR count). The molecule has 0 aliphatic rings. The summed E-state index contributed by atoms with van der Waals surface area (Å²) in [4.78, 5) is 14.8. The van der Waals surface area contributed by atoms with Gasteiger partial charge in [-0.25, -0.2) is 18.6 Å². The molecule has 0 aliphatic heterocycles. The lowest BCUT2D eigenvalue weighted by Crippen LogP contribution is -2.11. The maximum atomic E-state index is 12.6. The average molecular weight is 295 g/mol. The molecule has 16 heavy (non-hydrogen) atoms. The van der Waals surface area contributed by atoms with Crippen LogP contribution in [0, 0.1) is 0 Å². The van der Waals surface area contributed by atoms with Crippen molar-refractivity contribution in [2.75, 3.05) is 12.3 Å². The largest absolute Gasteiger partial charge is 0.462 e. The van der Waals surface area contributed by atoms with Crippen molar-refractivity contribution < 1.29 is 18.3 Å². The van der Waals surface area contributed by atoms with Crippen LogP contribution in [0.3, 0.4) is 0 Å². The zero-order valence-electron chi connectivity index (χ0n) is 8.34. The highest BCUT2D eigenvalue weighted by atomic mass is 79.9. The lowest BCUT2D eigenvalue weighted by atomic mass is 10.2. The van der Waals surface area contributed by atoms with Crippen LogP contribution in [-0.4, -0.2) is 17.6 Å². The number of carbonyl (C=O) groups is 1. The number of hydrogen-bond acceptors (Lipinski definition) is 4. The average Bonchev–Trinajstić information content (AvgIpc) is 2.21. The summed E-state index contributed by atoms with van der Waals surface area (Å²) in [5, 5.41) is 0. The molecule has 2 N–H and O–H groups in total. The monoisotopic (exact) mass is 294 g/mol.